The van der Waals surface area contributed by atoms with Crippen LogP contribution in [0, 0.1) is 12.3 Å². The quantitative estimate of drug-likeness (QED) is 0.522. The van der Waals surface area contributed by atoms with Crippen molar-refractivity contribution in [3.8, 4) is 11.4 Å². The van der Waals surface area contributed by atoms with Crippen LogP contribution in [0.1, 0.15) is 49.4 Å². The Morgan fingerprint density at radius 2 is 1.90 bits per heavy atom. The first-order chi connectivity index (χ1) is 19.3. The number of likely N-dealkylation sites (tertiary alicyclic amines) is 1. The minimum Gasteiger partial charge on any atom is -0.387 e. The van der Waals surface area contributed by atoms with Gasteiger partial charge in [-0.25, -0.2) is 9.78 Å². The molecule has 1 aliphatic carbocycles. The van der Waals surface area contributed by atoms with Gasteiger partial charge in [0.2, 0.25) is 0 Å². The molecule has 0 radical (unpaired) electrons. The van der Waals surface area contributed by atoms with E-state index in [0.29, 0.717) is 31.7 Å². The number of piperidine rings is 1. The van der Waals surface area contributed by atoms with E-state index in [0.717, 1.165) is 55.7 Å². The lowest BCUT2D eigenvalue weighted by molar-refractivity contribution is -0.137. The lowest BCUT2D eigenvalue weighted by Gasteiger charge is -2.53. The molecule has 1 aromatic carbocycles. The minimum atomic E-state index is -1.10. The number of piperazine rings is 1. The minimum absolute atomic E-state index is 0.0193. The first-order valence-electron chi connectivity index (χ1n) is 14.4. The van der Waals surface area contributed by atoms with E-state index in [9.17, 15) is 14.7 Å². The number of carbonyl (C=O) groups excluding carboxylic acids is 1. The summed E-state index contributed by atoms with van der Waals surface area (Å²) in [5.74, 6) is 0. The Hall–Kier alpha value is -3.50. The summed E-state index contributed by atoms with van der Waals surface area (Å²) in [5, 5.41) is 20.0. The van der Waals surface area contributed by atoms with E-state index in [1.54, 1.807) is 11.0 Å². The van der Waals surface area contributed by atoms with Crippen molar-refractivity contribution in [1.29, 1.82) is 0 Å². The molecule has 0 unspecified atom stereocenters. The van der Waals surface area contributed by atoms with Gasteiger partial charge in [0.1, 0.15) is 0 Å². The van der Waals surface area contributed by atoms with Crippen LogP contribution < -0.4 is 10.9 Å². The van der Waals surface area contributed by atoms with Gasteiger partial charge < -0.3 is 20.2 Å². The topological polar surface area (TPSA) is 109 Å². The van der Waals surface area contributed by atoms with Crippen molar-refractivity contribution >= 4 is 6.03 Å². The van der Waals surface area contributed by atoms with Gasteiger partial charge in [-0.2, -0.15) is 5.10 Å². The molecule has 6 rings (SSSR count). The Bertz CT molecular complexity index is 1430. The molecule has 1 spiro atoms. The van der Waals surface area contributed by atoms with Crippen LogP contribution in [0.15, 0.2) is 53.6 Å². The highest BCUT2D eigenvalue weighted by molar-refractivity contribution is 5.75. The van der Waals surface area contributed by atoms with Crippen LogP contribution >= 0.6 is 0 Å². The predicted molar refractivity (Wildman–Crippen MR) is 152 cm³/mol. The lowest BCUT2D eigenvalue weighted by Crippen LogP contribution is -2.64. The summed E-state index contributed by atoms with van der Waals surface area (Å²) in [6, 6.07) is 13.6. The number of aromatic nitrogens is 4. The zero-order chi connectivity index (χ0) is 27.9. The number of urea groups is 1. The third-order valence-corrected chi connectivity index (χ3v) is 9.36. The van der Waals surface area contributed by atoms with Crippen molar-refractivity contribution in [1.82, 2.24) is 34.4 Å². The molecule has 10 heteroatoms. The highest BCUT2D eigenvalue weighted by atomic mass is 16.3. The van der Waals surface area contributed by atoms with Crippen molar-refractivity contribution in [2.24, 2.45) is 12.5 Å². The first-order valence-corrected chi connectivity index (χ1v) is 14.4. The van der Waals surface area contributed by atoms with Crippen LogP contribution in [-0.2, 0) is 13.6 Å². The SMILES string of the molecule is Cc1cc(-c2cc(=O)n(C[C@]3(O)CCN(C(=O)N4CCNC[C@H]4c4ccccc4)CC34CCCC4)cn2)n(C)n1. The maximum atomic E-state index is 14.0. The predicted octanol–water partition coefficient (Wildman–Crippen LogP) is 2.72. The van der Waals surface area contributed by atoms with E-state index in [1.807, 2.05) is 48.0 Å². The summed E-state index contributed by atoms with van der Waals surface area (Å²) in [7, 11) is 1.83. The van der Waals surface area contributed by atoms with Gasteiger partial charge in [0.05, 0.1) is 41.6 Å². The van der Waals surface area contributed by atoms with E-state index < -0.39 is 11.0 Å². The summed E-state index contributed by atoms with van der Waals surface area (Å²) in [5.41, 5.74) is 1.59. The van der Waals surface area contributed by atoms with Gasteiger partial charge >= 0.3 is 6.03 Å². The molecule has 3 aliphatic rings. The number of hydrogen-bond donors (Lipinski definition) is 2. The molecule has 40 heavy (non-hydrogen) atoms. The summed E-state index contributed by atoms with van der Waals surface area (Å²) < 4.78 is 3.25. The number of nitrogens with one attached hydrogen (secondary N) is 1. The fraction of sp³-hybridized carbons (Fsp3) is 0.533. The molecule has 2 saturated heterocycles. The molecule has 212 valence electrons. The van der Waals surface area contributed by atoms with Crippen molar-refractivity contribution < 1.29 is 9.90 Å². The van der Waals surface area contributed by atoms with Crippen LogP contribution in [0.2, 0.25) is 0 Å². The van der Waals surface area contributed by atoms with Gasteiger partial charge in [-0.05, 0) is 37.8 Å². The van der Waals surface area contributed by atoms with Crippen molar-refractivity contribution in [3.05, 3.63) is 70.4 Å². The van der Waals surface area contributed by atoms with Gasteiger partial charge in [-0.3, -0.25) is 14.0 Å². The van der Waals surface area contributed by atoms with Gasteiger partial charge in [0.15, 0.2) is 0 Å². The third kappa shape index (κ3) is 4.73. The molecule has 2 atom stereocenters. The van der Waals surface area contributed by atoms with Crippen LogP contribution in [0.5, 0.6) is 0 Å². The Labute approximate surface area is 234 Å². The number of aryl methyl sites for hydroxylation is 2. The molecule has 0 bridgehead atoms. The zero-order valence-electron chi connectivity index (χ0n) is 23.4. The number of carbonyl (C=O) groups is 1. The third-order valence-electron chi connectivity index (χ3n) is 9.36. The molecule has 2 amide bonds. The molecule has 2 aromatic heterocycles. The van der Waals surface area contributed by atoms with E-state index >= 15 is 0 Å². The molecular weight excluding hydrogens is 506 g/mol. The smallest absolute Gasteiger partial charge is 0.320 e. The summed E-state index contributed by atoms with van der Waals surface area (Å²) in [4.78, 5) is 35.7. The van der Waals surface area contributed by atoms with Gasteiger partial charge in [-0.15, -0.1) is 0 Å². The number of aliphatic hydroxyl groups is 1. The van der Waals surface area contributed by atoms with Gasteiger partial charge in [0.25, 0.3) is 5.56 Å². The number of rotatable bonds is 4. The second kappa shape index (κ2) is 10.5. The Morgan fingerprint density at radius 1 is 1.12 bits per heavy atom. The second-order valence-corrected chi connectivity index (χ2v) is 11.8. The average Bonchev–Trinajstić information content (AvgIpc) is 3.58. The van der Waals surface area contributed by atoms with E-state index in [1.165, 1.54) is 10.6 Å². The molecule has 10 nitrogen and oxygen atoms in total. The highest BCUT2D eigenvalue weighted by Crippen LogP contribution is 2.51. The molecule has 2 aliphatic heterocycles. The fourth-order valence-electron chi connectivity index (χ4n) is 7.17. The zero-order valence-corrected chi connectivity index (χ0v) is 23.4. The number of hydrogen-bond acceptors (Lipinski definition) is 6. The van der Waals surface area contributed by atoms with Crippen LogP contribution in [0.25, 0.3) is 11.4 Å². The van der Waals surface area contributed by atoms with Crippen molar-refractivity contribution in [2.75, 3.05) is 32.7 Å². The number of amides is 2. The lowest BCUT2D eigenvalue weighted by atomic mass is 9.66. The second-order valence-electron chi connectivity index (χ2n) is 11.8. The summed E-state index contributed by atoms with van der Waals surface area (Å²) >= 11 is 0. The normalized spacial score (nSPS) is 24.5. The van der Waals surface area contributed by atoms with E-state index in [2.05, 4.69) is 27.5 Å². The molecular formula is C30H39N7O3. The molecule has 1 saturated carbocycles. The summed E-state index contributed by atoms with van der Waals surface area (Å²) in [6.07, 6.45) is 5.67. The Balaban J connectivity index is 1.23. The fourth-order valence-corrected chi connectivity index (χ4v) is 7.17. The maximum absolute atomic E-state index is 14.0. The van der Waals surface area contributed by atoms with Crippen molar-refractivity contribution in [2.45, 2.75) is 57.2 Å². The van der Waals surface area contributed by atoms with Crippen LogP contribution in [0.4, 0.5) is 4.79 Å². The maximum Gasteiger partial charge on any atom is 0.320 e. The molecule has 3 aromatic rings. The highest BCUT2D eigenvalue weighted by Gasteiger charge is 2.56. The van der Waals surface area contributed by atoms with E-state index in [4.69, 9.17) is 0 Å². The first kappa shape index (κ1) is 26.7. The van der Waals surface area contributed by atoms with Crippen LogP contribution in [-0.4, -0.2) is 78.6 Å². The monoisotopic (exact) mass is 545 g/mol. The largest absolute Gasteiger partial charge is 0.387 e. The Morgan fingerprint density at radius 3 is 2.60 bits per heavy atom. The van der Waals surface area contributed by atoms with Gasteiger partial charge in [0, 0.05) is 51.3 Å². The standard InChI is InChI=1S/C30H39N7O3/c1-22-16-25(34(2)33-22)24-17-27(38)36(21-32-24)20-30(40)12-14-35(19-29(30)10-6-7-11-29)28(39)37-15-13-31-18-26(37)23-8-4-3-5-9-23/h3-5,8-9,16-17,21,26,31,40H,6-7,10-15,18-20H2,1-2H3/t26-,30+/m0/s1. The van der Waals surface area contributed by atoms with Crippen LogP contribution in [0.3, 0.4) is 0 Å². The molecule has 4 heterocycles. The average molecular weight is 546 g/mol. The number of benzene rings is 1. The van der Waals surface area contributed by atoms with E-state index in [-0.39, 0.29) is 24.2 Å². The number of nitrogens with zero attached hydrogens (tertiary/aromatic N) is 6. The van der Waals surface area contributed by atoms with Gasteiger partial charge in [-0.1, -0.05) is 43.2 Å². The Kier molecular flexibility index (Phi) is 7.00. The van der Waals surface area contributed by atoms with Crippen molar-refractivity contribution in [3.63, 3.8) is 0 Å². The summed E-state index contributed by atoms with van der Waals surface area (Å²) in [6.45, 7) is 5.18. The molecule has 3 fully saturated rings. The molecule has 2 N–H and O–H groups in total.